The van der Waals surface area contributed by atoms with Gasteiger partial charge in [0.25, 0.3) is 0 Å². The fourth-order valence-electron chi connectivity index (χ4n) is 3.48. The minimum Gasteiger partial charge on any atom is -0.507 e. The molecule has 0 saturated heterocycles. The van der Waals surface area contributed by atoms with Gasteiger partial charge < -0.3 is 9.84 Å². The van der Waals surface area contributed by atoms with E-state index in [2.05, 4.69) is 17.0 Å². The normalized spacial score (nSPS) is 14.3. The maximum absolute atomic E-state index is 12.8. The number of benzene rings is 3. The summed E-state index contributed by atoms with van der Waals surface area (Å²) in [6.45, 7) is 3.21. The highest BCUT2D eigenvalue weighted by Crippen LogP contribution is 2.40. The number of carbonyl (C=O) groups is 1. The van der Waals surface area contributed by atoms with Crippen molar-refractivity contribution in [2.24, 2.45) is 0 Å². The van der Waals surface area contributed by atoms with Crippen LogP contribution in [0.25, 0.3) is 6.08 Å². The van der Waals surface area contributed by atoms with E-state index < -0.39 is 0 Å². The van der Waals surface area contributed by atoms with Crippen LogP contribution in [0.5, 0.6) is 11.5 Å². The smallest absolute Gasteiger partial charge is 0.231 e. The Bertz CT molecular complexity index is 1070. The van der Waals surface area contributed by atoms with Gasteiger partial charge in [-0.1, -0.05) is 60.2 Å². The lowest BCUT2D eigenvalue weighted by molar-refractivity contribution is 0.101. The number of ketones is 1. The van der Waals surface area contributed by atoms with Crippen molar-refractivity contribution in [3.63, 3.8) is 0 Å². The standard InChI is InChI=1S/C25H23NO3/c1-17-8-10-18(11-9-17)14-23-24(28)20-12-13-22(27)21(25(20)29-23)16-26(2)15-19-6-4-3-5-7-19/h3-14,27H,15-16H2,1-2H3/b23-14-. The number of aromatic hydroxyl groups is 1. The Morgan fingerprint density at radius 3 is 2.41 bits per heavy atom. The van der Waals surface area contributed by atoms with E-state index in [9.17, 15) is 9.90 Å². The molecule has 0 amide bonds. The lowest BCUT2D eigenvalue weighted by Gasteiger charge is -2.19. The van der Waals surface area contributed by atoms with Crippen LogP contribution in [0, 0.1) is 6.92 Å². The highest BCUT2D eigenvalue weighted by Gasteiger charge is 2.31. The Kier molecular flexibility index (Phi) is 5.19. The van der Waals surface area contributed by atoms with Crippen molar-refractivity contribution in [2.45, 2.75) is 20.0 Å². The SMILES string of the molecule is Cc1ccc(/C=C2\Oc3c(ccc(O)c3CN(C)Cc3ccccc3)C2=O)cc1. The van der Waals surface area contributed by atoms with Crippen LogP contribution in [-0.4, -0.2) is 22.8 Å². The van der Waals surface area contributed by atoms with Crippen LogP contribution in [0.4, 0.5) is 0 Å². The van der Waals surface area contributed by atoms with E-state index in [0.717, 1.165) is 17.7 Å². The van der Waals surface area contributed by atoms with Crippen molar-refractivity contribution in [3.05, 3.63) is 100 Å². The van der Waals surface area contributed by atoms with E-state index in [0.29, 0.717) is 23.4 Å². The number of carbonyl (C=O) groups excluding carboxylic acids is 1. The number of nitrogens with zero attached hydrogens (tertiary/aromatic N) is 1. The summed E-state index contributed by atoms with van der Waals surface area (Å²) in [4.78, 5) is 14.9. The third-order valence-corrected chi connectivity index (χ3v) is 5.01. The molecular weight excluding hydrogens is 362 g/mol. The number of hydrogen-bond donors (Lipinski definition) is 1. The van der Waals surface area contributed by atoms with E-state index in [4.69, 9.17) is 4.74 Å². The summed E-state index contributed by atoms with van der Waals surface area (Å²) in [5.74, 6) is 0.704. The lowest BCUT2D eigenvalue weighted by Crippen LogP contribution is -2.17. The zero-order valence-electron chi connectivity index (χ0n) is 16.6. The number of hydrogen-bond acceptors (Lipinski definition) is 4. The molecule has 1 aliphatic rings. The Hall–Kier alpha value is -3.37. The zero-order valence-corrected chi connectivity index (χ0v) is 16.6. The maximum atomic E-state index is 12.8. The molecule has 29 heavy (non-hydrogen) atoms. The summed E-state index contributed by atoms with van der Waals surface area (Å²) in [7, 11) is 1.98. The third kappa shape index (κ3) is 4.08. The van der Waals surface area contributed by atoms with Gasteiger partial charge in [0.2, 0.25) is 5.78 Å². The molecule has 4 nitrogen and oxygen atoms in total. The average Bonchev–Trinajstić information content (AvgIpc) is 3.02. The molecule has 3 aromatic rings. The number of Topliss-reactive ketones (excluding diaryl/α,β-unsaturated/α-hetero) is 1. The van der Waals surface area contributed by atoms with Gasteiger partial charge in [0.05, 0.1) is 11.1 Å². The van der Waals surface area contributed by atoms with Gasteiger partial charge in [0.15, 0.2) is 5.76 Å². The number of fused-ring (bicyclic) bond motifs is 1. The van der Waals surface area contributed by atoms with Crippen molar-refractivity contribution >= 4 is 11.9 Å². The molecule has 0 bridgehead atoms. The van der Waals surface area contributed by atoms with Crippen LogP contribution < -0.4 is 4.74 Å². The summed E-state index contributed by atoms with van der Waals surface area (Å²) < 4.78 is 5.94. The van der Waals surface area contributed by atoms with Gasteiger partial charge in [-0.25, -0.2) is 0 Å². The molecule has 0 aliphatic carbocycles. The first-order valence-corrected chi connectivity index (χ1v) is 9.59. The molecule has 0 spiro atoms. The Morgan fingerprint density at radius 1 is 0.966 bits per heavy atom. The first kappa shape index (κ1) is 19.0. The van der Waals surface area contributed by atoms with Crippen LogP contribution >= 0.6 is 0 Å². The Balaban J connectivity index is 1.59. The number of aryl methyl sites for hydroxylation is 1. The number of ether oxygens (including phenoxy) is 1. The predicted octanol–water partition coefficient (Wildman–Crippen LogP) is 4.95. The Morgan fingerprint density at radius 2 is 1.69 bits per heavy atom. The second-order valence-electron chi connectivity index (χ2n) is 7.45. The van der Waals surface area contributed by atoms with Crippen LogP contribution in [0.3, 0.4) is 0 Å². The fourth-order valence-corrected chi connectivity index (χ4v) is 3.48. The number of rotatable bonds is 5. The van der Waals surface area contributed by atoms with Crippen molar-refractivity contribution in [1.29, 1.82) is 0 Å². The highest BCUT2D eigenvalue weighted by molar-refractivity contribution is 6.15. The molecule has 0 unspecified atom stereocenters. The summed E-state index contributed by atoms with van der Waals surface area (Å²) in [5, 5.41) is 10.4. The van der Waals surface area contributed by atoms with Crippen LogP contribution in [-0.2, 0) is 13.1 Å². The highest BCUT2D eigenvalue weighted by atomic mass is 16.5. The molecule has 3 aromatic carbocycles. The number of phenols is 1. The molecule has 4 heteroatoms. The van der Waals surface area contributed by atoms with Crippen molar-refractivity contribution in [2.75, 3.05) is 7.05 Å². The van der Waals surface area contributed by atoms with Crippen LogP contribution in [0.2, 0.25) is 0 Å². The molecule has 4 rings (SSSR count). The minimum atomic E-state index is -0.160. The molecular formula is C25H23NO3. The van der Waals surface area contributed by atoms with Crippen molar-refractivity contribution in [3.8, 4) is 11.5 Å². The quantitative estimate of drug-likeness (QED) is 0.632. The summed E-state index contributed by atoms with van der Waals surface area (Å²) in [6, 6.07) is 21.2. The van der Waals surface area contributed by atoms with Crippen LogP contribution in [0.15, 0.2) is 72.5 Å². The van der Waals surface area contributed by atoms with E-state index >= 15 is 0 Å². The van der Waals surface area contributed by atoms with Gasteiger partial charge in [0.1, 0.15) is 11.5 Å². The maximum Gasteiger partial charge on any atom is 0.231 e. The van der Waals surface area contributed by atoms with E-state index in [1.54, 1.807) is 18.2 Å². The summed E-state index contributed by atoms with van der Waals surface area (Å²) in [6.07, 6.45) is 1.75. The minimum absolute atomic E-state index is 0.132. The topological polar surface area (TPSA) is 49.8 Å². The molecule has 0 fully saturated rings. The van der Waals surface area contributed by atoms with Gasteiger partial charge >= 0.3 is 0 Å². The largest absolute Gasteiger partial charge is 0.507 e. The molecule has 1 heterocycles. The van der Waals surface area contributed by atoms with E-state index in [1.165, 1.54) is 5.56 Å². The van der Waals surface area contributed by atoms with Gasteiger partial charge in [0, 0.05) is 13.1 Å². The molecule has 0 atom stereocenters. The molecule has 1 aliphatic heterocycles. The van der Waals surface area contributed by atoms with E-state index in [-0.39, 0.29) is 17.3 Å². The summed E-state index contributed by atoms with van der Waals surface area (Å²) in [5.41, 5.74) is 4.35. The first-order chi connectivity index (χ1) is 14.0. The van der Waals surface area contributed by atoms with Crippen LogP contribution in [0.1, 0.15) is 32.6 Å². The Labute approximate surface area is 170 Å². The molecule has 1 N–H and O–H groups in total. The zero-order chi connectivity index (χ0) is 20.4. The first-order valence-electron chi connectivity index (χ1n) is 9.59. The lowest BCUT2D eigenvalue weighted by atomic mass is 10.0. The molecule has 0 saturated carbocycles. The van der Waals surface area contributed by atoms with Gasteiger partial charge in [-0.2, -0.15) is 0 Å². The molecule has 0 radical (unpaired) electrons. The second kappa shape index (κ2) is 7.94. The summed E-state index contributed by atoms with van der Waals surface area (Å²) >= 11 is 0. The second-order valence-corrected chi connectivity index (χ2v) is 7.45. The van der Waals surface area contributed by atoms with E-state index in [1.807, 2.05) is 56.4 Å². The van der Waals surface area contributed by atoms with Gasteiger partial charge in [-0.05, 0) is 43.3 Å². The molecule has 0 aromatic heterocycles. The molecule has 146 valence electrons. The predicted molar refractivity (Wildman–Crippen MR) is 114 cm³/mol. The van der Waals surface area contributed by atoms with Gasteiger partial charge in [-0.3, -0.25) is 9.69 Å². The number of phenolic OH excluding ortho intramolecular Hbond substituents is 1. The third-order valence-electron chi connectivity index (χ3n) is 5.01. The monoisotopic (exact) mass is 385 g/mol. The fraction of sp³-hybridized carbons (Fsp3) is 0.160. The van der Waals surface area contributed by atoms with Gasteiger partial charge in [-0.15, -0.1) is 0 Å². The average molecular weight is 385 g/mol. The number of allylic oxidation sites excluding steroid dienone is 1. The van der Waals surface area contributed by atoms with Crippen molar-refractivity contribution < 1.29 is 14.6 Å². The van der Waals surface area contributed by atoms with Crippen molar-refractivity contribution in [1.82, 2.24) is 4.90 Å².